The first-order valence-corrected chi connectivity index (χ1v) is 6.84. The van der Waals surface area contributed by atoms with Crippen LogP contribution in [0.5, 0.6) is 0 Å². The summed E-state index contributed by atoms with van der Waals surface area (Å²) in [4.78, 5) is 15.3. The van der Waals surface area contributed by atoms with Crippen LogP contribution in [0, 0.1) is 5.92 Å². The molecule has 0 aromatic heterocycles. The Morgan fingerprint density at radius 1 is 1.47 bits per heavy atom. The van der Waals surface area contributed by atoms with Crippen molar-refractivity contribution in [3.8, 4) is 0 Å². The molecule has 0 bridgehead atoms. The zero-order chi connectivity index (χ0) is 14.5. The smallest absolute Gasteiger partial charge is 0.433 e. The van der Waals surface area contributed by atoms with Crippen molar-refractivity contribution in [2.45, 2.75) is 64.1 Å². The third kappa shape index (κ3) is 6.01. The minimum Gasteiger partial charge on any atom is -0.442 e. The summed E-state index contributed by atoms with van der Waals surface area (Å²) in [5.74, 6) is 0.248. The monoisotopic (exact) mass is 267 g/mol. The number of nitrogens with zero attached hydrogens (tertiary/aromatic N) is 1. The number of aliphatic imine (C=N–C) groups is 1. The number of carbonyl (C=O) groups is 1. The molecule has 1 rings (SSSR count). The summed E-state index contributed by atoms with van der Waals surface area (Å²) in [6.45, 7) is 9.11. The SMILES string of the molecule is C=CCC1(O)CCC(C=NC(=O)OC(C)(C)C)CC1. The number of aliphatic hydroxyl groups is 1. The fourth-order valence-corrected chi connectivity index (χ4v) is 2.25. The van der Waals surface area contributed by atoms with E-state index >= 15 is 0 Å². The molecular formula is C15H25NO3. The van der Waals surface area contributed by atoms with E-state index in [4.69, 9.17) is 4.74 Å². The van der Waals surface area contributed by atoms with Gasteiger partial charge in [0.15, 0.2) is 0 Å². The average molecular weight is 267 g/mol. The number of hydrogen-bond donors (Lipinski definition) is 1. The average Bonchev–Trinajstić information content (AvgIpc) is 2.26. The molecule has 1 amide bonds. The van der Waals surface area contributed by atoms with E-state index in [1.165, 1.54) is 0 Å². The van der Waals surface area contributed by atoms with E-state index < -0.39 is 17.3 Å². The Bertz CT molecular complexity index is 347. The number of rotatable bonds is 3. The molecule has 1 saturated carbocycles. The van der Waals surface area contributed by atoms with Crippen LogP contribution in [0.4, 0.5) is 4.79 Å². The van der Waals surface area contributed by atoms with E-state index in [2.05, 4.69) is 11.6 Å². The molecule has 0 heterocycles. The van der Waals surface area contributed by atoms with E-state index in [0.29, 0.717) is 6.42 Å². The highest BCUT2D eigenvalue weighted by Crippen LogP contribution is 2.33. The molecule has 4 nitrogen and oxygen atoms in total. The highest BCUT2D eigenvalue weighted by Gasteiger charge is 2.31. The molecule has 0 aliphatic heterocycles. The van der Waals surface area contributed by atoms with Crippen molar-refractivity contribution < 1.29 is 14.6 Å². The molecular weight excluding hydrogens is 242 g/mol. The molecule has 0 aromatic carbocycles. The molecule has 0 aromatic rings. The Labute approximate surface area is 115 Å². The number of hydrogen-bond acceptors (Lipinski definition) is 3. The molecule has 0 spiro atoms. The van der Waals surface area contributed by atoms with Crippen molar-refractivity contribution in [1.29, 1.82) is 0 Å². The summed E-state index contributed by atoms with van der Waals surface area (Å²) in [5.41, 5.74) is -1.12. The Kier molecular flexibility index (Phi) is 5.29. The minimum atomic E-state index is -0.613. The Balaban J connectivity index is 2.40. The van der Waals surface area contributed by atoms with Gasteiger partial charge in [-0.3, -0.25) is 0 Å². The van der Waals surface area contributed by atoms with Gasteiger partial charge in [0.05, 0.1) is 5.60 Å². The highest BCUT2D eigenvalue weighted by molar-refractivity contribution is 5.80. The largest absolute Gasteiger partial charge is 0.442 e. The van der Waals surface area contributed by atoms with Gasteiger partial charge in [-0.15, -0.1) is 6.58 Å². The molecule has 108 valence electrons. The van der Waals surface area contributed by atoms with Gasteiger partial charge in [0.1, 0.15) is 5.60 Å². The fraction of sp³-hybridized carbons (Fsp3) is 0.733. The topological polar surface area (TPSA) is 58.9 Å². The highest BCUT2D eigenvalue weighted by atomic mass is 16.6. The van der Waals surface area contributed by atoms with Gasteiger partial charge >= 0.3 is 6.09 Å². The number of carbonyl (C=O) groups excluding carboxylic acids is 1. The molecule has 0 unspecified atom stereocenters. The van der Waals surface area contributed by atoms with Gasteiger partial charge in [-0.1, -0.05) is 6.08 Å². The van der Waals surface area contributed by atoms with Crippen LogP contribution in [-0.4, -0.2) is 28.6 Å². The van der Waals surface area contributed by atoms with Crippen molar-refractivity contribution in [3.63, 3.8) is 0 Å². The predicted molar refractivity (Wildman–Crippen MR) is 76.4 cm³/mol. The summed E-state index contributed by atoms with van der Waals surface area (Å²) in [6, 6.07) is 0. The Morgan fingerprint density at radius 3 is 2.53 bits per heavy atom. The molecule has 1 aliphatic rings. The van der Waals surface area contributed by atoms with Gasteiger partial charge in [0.25, 0.3) is 0 Å². The lowest BCUT2D eigenvalue weighted by molar-refractivity contribution is 0.00118. The Hall–Kier alpha value is -1.16. The summed E-state index contributed by atoms with van der Waals surface area (Å²) in [6.07, 6.45) is 6.65. The second-order valence-corrected chi connectivity index (χ2v) is 6.31. The number of amides is 1. The lowest BCUT2D eigenvalue weighted by Crippen LogP contribution is -2.33. The van der Waals surface area contributed by atoms with Gasteiger partial charge < -0.3 is 9.84 Å². The second-order valence-electron chi connectivity index (χ2n) is 6.31. The first-order valence-electron chi connectivity index (χ1n) is 6.84. The normalized spacial score (nSPS) is 28.3. The maximum absolute atomic E-state index is 11.4. The standard InChI is InChI=1S/C15H25NO3/c1-5-8-15(18)9-6-12(7-10-15)11-16-13(17)19-14(2,3)4/h5,11-12,18H,1,6-10H2,2-4H3. The van der Waals surface area contributed by atoms with Crippen LogP contribution in [0.1, 0.15) is 52.9 Å². The molecule has 0 radical (unpaired) electrons. The molecule has 19 heavy (non-hydrogen) atoms. The summed E-state index contributed by atoms with van der Waals surface area (Å²) >= 11 is 0. The van der Waals surface area contributed by atoms with Crippen LogP contribution in [0.2, 0.25) is 0 Å². The van der Waals surface area contributed by atoms with Crippen LogP contribution >= 0.6 is 0 Å². The molecule has 0 saturated heterocycles. The fourth-order valence-electron chi connectivity index (χ4n) is 2.25. The first kappa shape index (κ1) is 15.9. The van der Waals surface area contributed by atoms with Gasteiger partial charge in [0.2, 0.25) is 0 Å². The van der Waals surface area contributed by atoms with Crippen LogP contribution in [0.15, 0.2) is 17.6 Å². The van der Waals surface area contributed by atoms with Gasteiger partial charge in [-0.2, -0.15) is 4.99 Å². The van der Waals surface area contributed by atoms with Crippen molar-refractivity contribution in [1.82, 2.24) is 0 Å². The van der Waals surface area contributed by atoms with Crippen molar-refractivity contribution >= 4 is 12.3 Å². The van der Waals surface area contributed by atoms with Crippen LogP contribution in [-0.2, 0) is 4.74 Å². The Morgan fingerprint density at radius 2 is 2.05 bits per heavy atom. The quantitative estimate of drug-likeness (QED) is 0.629. The van der Waals surface area contributed by atoms with Crippen molar-refractivity contribution in [2.24, 2.45) is 10.9 Å². The maximum Gasteiger partial charge on any atom is 0.433 e. The van der Waals surface area contributed by atoms with Crippen LogP contribution in [0.25, 0.3) is 0 Å². The molecule has 4 heteroatoms. The number of ether oxygens (including phenoxy) is 1. The van der Waals surface area contributed by atoms with Crippen LogP contribution in [0.3, 0.4) is 0 Å². The van der Waals surface area contributed by atoms with Gasteiger partial charge in [-0.05, 0) is 58.8 Å². The molecule has 1 aliphatic carbocycles. The lowest BCUT2D eigenvalue weighted by atomic mass is 9.77. The van der Waals surface area contributed by atoms with E-state index in [-0.39, 0.29) is 5.92 Å². The van der Waals surface area contributed by atoms with Crippen LogP contribution < -0.4 is 0 Å². The summed E-state index contributed by atoms with van der Waals surface area (Å²) < 4.78 is 5.11. The van der Waals surface area contributed by atoms with Crippen molar-refractivity contribution in [2.75, 3.05) is 0 Å². The van der Waals surface area contributed by atoms with Gasteiger partial charge in [-0.25, -0.2) is 4.79 Å². The molecule has 1 fully saturated rings. The van der Waals surface area contributed by atoms with E-state index in [1.54, 1.807) is 12.3 Å². The van der Waals surface area contributed by atoms with E-state index in [9.17, 15) is 9.90 Å². The molecule has 0 atom stereocenters. The van der Waals surface area contributed by atoms with E-state index in [0.717, 1.165) is 25.7 Å². The first-order chi connectivity index (χ1) is 8.74. The molecule has 1 N–H and O–H groups in total. The zero-order valence-corrected chi connectivity index (χ0v) is 12.2. The lowest BCUT2D eigenvalue weighted by Gasteiger charge is -2.34. The van der Waals surface area contributed by atoms with E-state index in [1.807, 2.05) is 20.8 Å². The minimum absolute atomic E-state index is 0.248. The zero-order valence-electron chi connectivity index (χ0n) is 12.2. The summed E-state index contributed by atoms with van der Waals surface area (Å²) in [7, 11) is 0. The van der Waals surface area contributed by atoms with Crippen molar-refractivity contribution in [3.05, 3.63) is 12.7 Å². The third-order valence-corrected chi connectivity index (χ3v) is 3.27. The maximum atomic E-state index is 11.4. The summed E-state index contributed by atoms with van der Waals surface area (Å²) in [5, 5.41) is 10.2. The van der Waals surface area contributed by atoms with Gasteiger partial charge in [0, 0.05) is 6.21 Å². The third-order valence-electron chi connectivity index (χ3n) is 3.27. The second kappa shape index (κ2) is 6.33. The predicted octanol–water partition coefficient (Wildman–Crippen LogP) is 3.49.